The van der Waals surface area contributed by atoms with Crippen LogP contribution in [0.5, 0.6) is 0 Å². The van der Waals surface area contributed by atoms with Crippen LogP contribution in [0.2, 0.25) is 0 Å². The van der Waals surface area contributed by atoms with Crippen LogP contribution in [0.25, 0.3) is 0 Å². The topological polar surface area (TPSA) is 88.2 Å². The zero-order chi connectivity index (χ0) is 16.9. The standard InChI is InChI=1S/C18H23N3O3/c1-12(19-17(23)15(22)13-8-4-2-5-9-13)18-20-16(21-24-18)14-10-6-3-7-11-14/h2,4-5,8-9,12,14-15,22H,3,6-7,10-11H2,1H3,(H,19,23). The molecule has 6 nitrogen and oxygen atoms in total. The Morgan fingerprint density at radius 2 is 1.96 bits per heavy atom. The molecule has 1 aromatic carbocycles. The van der Waals surface area contributed by atoms with Crippen molar-refractivity contribution < 1.29 is 14.4 Å². The summed E-state index contributed by atoms with van der Waals surface area (Å²) in [4.78, 5) is 16.6. The molecular weight excluding hydrogens is 306 g/mol. The molecule has 24 heavy (non-hydrogen) atoms. The summed E-state index contributed by atoms with van der Waals surface area (Å²) in [6, 6.07) is 8.38. The molecule has 1 fully saturated rings. The maximum atomic E-state index is 12.2. The largest absolute Gasteiger partial charge is 0.378 e. The first-order valence-electron chi connectivity index (χ1n) is 8.52. The normalized spacial score (nSPS) is 18.1. The van der Waals surface area contributed by atoms with E-state index in [1.165, 1.54) is 19.3 Å². The van der Waals surface area contributed by atoms with E-state index in [0.29, 0.717) is 17.4 Å². The van der Waals surface area contributed by atoms with Gasteiger partial charge in [-0.2, -0.15) is 4.98 Å². The molecule has 0 radical (unpaired) electrons. The molecule has 0 spiro atoms. The van der Waals surface area contributed by atoms with Gasteiger partial charge < -0.3 is 14.9 Å². The van der Waals surface area contributed by atoms with Gasteiger partial charge in [0.25, 0.3) is 5.91 Å². The average Bonchev–Trinajstić information content (AvgIpc) is 3.13. The van der Waals surface area contributed by atoms with Gasteiger partial charge in [0.1, 0.15) is 6.04 Å². The lowest BCUT2D eigenvalue weighted by molar-refractivity contribution is -0.130. The highest BCUT2D eigenvalue weighted by molar-refractivity contribution is 5.82. The van der Waals surface area contributed by atoms with Crippen molar-refractivity contribution in [3.63, 3.8) is 0 Å². The fraction of sp³-hybridized carbons (Fsp3) is 0.500. The van der Waals surface area contributed by atoms with Gasteiger partial charge in [0.2, 0.25) is 5.89 Å². The van der Waals surface area contributed by atoms with Gasteiger partial charge in [-0.3, -0.25) is 4.79 Å². The minimum atomic E-state index is -1.21. The van der Waals surface area contributed by atoms with Crippen LogP contribution in [0.15, 0.2) is 34.9 Å². The van der Waals surface area contributed by atoms with Crippen LogP contribution in [0.3, 0.4) is 0 Å². The molecule has 0 bridgehead atoms. The molecule has 3 rings (SSSR count). The smallest absolute Gasteiger partial charge is 0.254 e. The van der Waals surface area contributed by atoms with Crippen molar-refractivity contribution in [2.45, 2.75) is 57.1 Å². The van der Waals surface area contributed by atoms with E-state index < -0.39 is 18.1 Å². The third-order valence-electron chi connectivity index (χ3n) is 4.52. The average molecular weight is 329 g/mol. The van der Waals surface area contributed by atoms with Crippen LogP contribution in [0, 0.1) is 0 Å². The van der Waals surface area contributed by atoms with Gasteiger partial charge in [-0.1, -0.05) is 54.8 Å². The van der Waals surface area contributed by atoms with E-state index in [2.05, 4.69) is 15.5 Å². The Hall–Kier alpha value is -2.21. The summed E-state index contributed by atoms with van der Waals surface area (Å²) in [6.45, 7) is 1.77. The second-order valence-electron chi connectivity index (χ2n) is 6.37. The number of nitrogens with zero attached hydrogens (tertiary/aromatic N) is 2. The molecule has 6 heteroatoms. The van der Waals surface area contributed by atoms with Crippen LogP contribution in [-0.4, -0.2) is 21.2 Å². The number of benzene rings is 1. The predicted molar refractivity (Wildman–Crippen MR) is 88.1 cm³/mol. The zero-order valence-electron chi connectivity index (χ0n) is 13.8. The van der Waals surface area contributed by atoms with E-state index in [1.54, 1.807) is 31.2 Å². The number of carbonyl (C=O) groups excluding carboxylic acids is 1. The van der Waals surface area contributed by atoms with E-state index in [0.717, 1.165) is 18.7 Å². The zero-order valence-corrected chi connectivity index (χ0v) is 13.8. The number of aliphatic hydroxyl groups excluding tert-OH is 1. The highest BCUT2D eigenvalue weighted by atomic mass is 16.5. The van der Waals surface area contributed by atoms with Crippen LogP contribution in [-0.2, 0) is 4.79 Å². The molecule has 2 atom stereocenters. The number of aromatic nitrogens is 2. The van der Waals surface area contributed by atoms with Crippen molar-refractivity contribution >= 4 is 5.91 Å². The number of carbonyl (C=O) groups is 1. The summed E-state index contributed by atoms with van der Waals surface area (Å²) in [5, 5.41) is 16.9. The summed E-state index contributed by atoms with van der Waals surface area (Å²) in [5.41, 5.74) is 0.552. The van der Waals surface area contributed by atoms with Gasteiger partial charge in [0, 0.05) is 5.92 Å². The maximum Gasteiger partial charge on any atom is 0.254 e. The number of hydrogen-bond acceptors (Lipinski definition) is 5. The lowest BCUT2D eigenvalue weighted by Crippen LogP contribution is -2.31. The van der Waals surface area contributed by atoms with Crippen molar-refractivity contribution in [2.24, 2.45) is 0 Å². The quantitative estimate of drug-likeness (QED) is 0.880. The SMILES string of the molecule is CC(NC(=O)C(O)c1ccccc1)c1nc(C2CCCCC2)no1. The van der Waals surface area contributed by atoms with Gasteiger partial charge in [-0.15, -0.1) is 0 Å². The lowest BCUT2D eigenvalue weighted by atomic mass is 9.89. The van der Waals surface area contributed by atoms with Crippen molar-refractivity contribution in [1.29, 1.82) is 0 Å². The van der Waals surface area contributed by atoms with Crippen molar-refractivity contribution in [1.82, 2.24) is 15.5 Å². The monoisotopic (exact) mass is 329 g/mol. The van der Waals surface area contributed by atoms with Crippen LogP contribution in [0.4, 0.5) is 0 Å². The summed E-state index contributed by atoms with van der Waals surface area (Å²) >= 11 is 0. The minimum Gasteiger partial charge on any atom is -0.378 e. The molecule has 1 amide bonds. The summed E-state index contributed by atoms with van der Waals surface area (Å²) in [7, 11) is 0. The Bertz CT molecular complexity index is 665. The predicted octanol–water partition coefficient (Wildman–Crippen LogP) is 3.03. The molecule has 0 saturated heterocycles. The van der Waals surface area contributed by atoms with Crippen molar-refractivity contribution in [2.75, 3.05) is 0 Å². The molecular formula is C18H23N3O3. The third-order valence-corrected chi connectivity index (χ3v) is 4.52. The molecule has 1 aromatic heterocycles. The lowest BCUT2D eigenvalue weighted by Gasteiger charge is -2.17. The van der Waals surface area contributed by atoms with Crippen LogP contribution >= 0.6 is 0 Å². The molecule has 1 heterocycles. The second-order valence-corrected chi connectivity index (χ2v) is 6.37. The first kappa shape index (κ1) is 16.6. The second kappa shape index (κ2) is 7.57. The van der Waals surface area contributed by atoms with Crippen molar-refractivity contribution in [3.8, 4) is 0 Å². The number of amides is 1. The number of nitrogens with one attached hydrogen (secondary N) is 1. The Balaban J connectivity index is 1.61. The first-order chi connectivity index (χ1) is 11.6. The Labute approximate surface area is 141 Å². The van der Waals surface area contributed by atoms with Crippen LogP contribution in [0.1, 0.15) is 74.4 Å². The summed E-state index contributed by atoms with van der Waals surface area (Å²) in [6.07, 6.45) is 4.63. The molecule has 1 aliphatic rings. The van der Waals surface area contributed by atoms with E-state index in [4.69, 9.17) is 4.52 Å². The Morgan fingerprint density at radius 1 is 1.25 bits per heavy atom. The van der Waals surface area contributed by atoms with Gasteiger partial charge >= 0.3 is 0 Å². The minimum absolute atomic E-state index is 0.356. The molecule has 128 valence electrons. The summed E-state index contributed by atoms with van der Waals surface area (Å²) in [5.74, 6) is 0.985. The third kappa shape index (κ3) is 3.82. The van der Waals surface area contributed by atoms with Gasteiger partial charge in [0.05, 0.1) is 0 Å². The molecule has 2 unspecified atom stereocenters. The summed E-state index contributed by atoms with van der Waals surface area (Å²) < 4.78 is 5.31. The Kier molecular flexibility index (Phi) is 5.25. The molecule has 2 aromatic rings. The number of hydrogen-bond donors (Lipinski definition) is 2. The molecule has 0 aliphatic heterocycles. The molecule has 2 N–H and O–H groups in total. The maximum absolute atomic E-state index is 12.2. The molecule has 1 saturated carbocycles. The number of aliphatic hydroxyl groups is 1. The number of rotatable bonds is 5. The van der Waals surface area contributed by atoms with E-state index in [9.17, 15) is 9.90 Å². The van der Waals surface area contributed by atoms with E-state index in [-0.39, 0.29) is 0 Å². The fourth-order valence-electron chi connectivity index (χ4n) is 3.09. The van der Waals surface area contributed by atoms with E-state index >= 15 is 0 Å². The van der Waals surface area contributed by atoms with E-state index in [1.807, 2.05) is 6.07 Å². The Morgan fingerprint density at radius 3 is 2.67 bits per heavy atom. The highest BCUT2D eigenvalue weighted by Gasteiger charge is 2.25. The van der Waals surface area contributed by atoms with Crippen LogP contribution < -0.4 is 5.32 Å². The van der Waals surface area contributed by atoms with Gasteiger partial charge in [0.15, 0.2) is 11.9 Å². The van der Waals surface area contributed by atoms with Gasteiger partial charge in [-0.05, 0) is 25.3 Å². The van der Waals surface area contributed by atoms with Crippen molar-refractivity contribution in [3.05, 3.63) is 47.6 Å². The first-order valence-corrected chi connectivity index (χ1v) is 8.52. The van der Waals surface area contributed by atoms with Gasteiger partial charge in [-0.25, -0.2) is 0 Å². The fourth-order valence-corrected chi connectivity index (χ4v) is 3.09. The molecule has 1 aliphatic carbocycles. The highest BCUT2D eigenvalue weighted by Crippen LogP contribution is 2.31.